The fraction of sp³-hybridized carbons (Fsp3) is 0.875. The molecule has 2 nitrogen and oxygen atoms in total. The maximum Gasteiger partial charge on any atom is 0.492 e. The summed E-state index contributed by atoms with van der Waals surface area (Å²) in [5, 5.41) is 6.75. The van der Waals surface area contributed by atoms with Crippen LogP contribution in [-0.2, 0) is 0 Å². The first-order valence-electron chi connectivity index (χ1n) is 4.50. The molecular weight excluding hydrogens is 337 g/mol. The van der Waals surface area contributed by atoms with Crippen LogP contribution >= 0.6 is 0 Å². The minimum atomic E-state index is -5.76. The third kappa shape index (κ3) is 32.3. The first kappa shape index (κ1) is 27.9. The number of rotatable bonds is 3. The Balaban J connectivity index is -0.000000102. The lowest BCUT2D eigenvalue weighted by molar-refractivity contribution is -0.286. The number of hydrogen-bond acceptors (Lipinski definition) is 1. The summed E-state index contributed by atoms with van der Waals surface area (Å²) in [4.78, 5) is 8.33. The number of hydrogen-bond donors (Lipinski definition) is 1. The summed E-state index contributed by atoms with van der Waals surface area (Å²) in [7, 11) is 0. The van der Waals surface area contributed by atoms with Crippen LogP contribution in [0.4, 0.5) is 53.1 Å². The van der Waals surface area contributed by atoms with Gasteiger partial charge in [0.2, 0.25) is 0 Å². The molecule has 132 valence electrons. The molecule has 21 heavy (non-hydrogen) atoms. The molecule has 0 aliphatic rings. The maximum atomic E-state index is 11.2. The molecule has 0 bridgehead atoms. The third-order valence-electron chi connectivity index (χ3n) is 0.725. The van der Waals surface area contributed by atoms with Gasteiger partial charge in [0.1, 0.15) is 26.7 Å². The van der Waals surface area contributed by atoms with E-state index in [1.165, 1.54) is 0 Å². The second-order valence-electron chi connectivity index (χ2n) is 2.34. The molecule has 13 heteroatoms. The van der Waals surface area contributed by atoms with Crippen LogP contribution in [0.15, 0.2) is 0 Å². The highest BCUT2D eigenvalue weighted by atomic mass is 19.4. The Hall–Kier alpha value is -1.30. The number of carbonyl (C=O) groups is 1. The van der Waals surface area contributed by atoms with Crippen LogP contribution < -0.4 is 0 Å². The molecule has 0 aromatic carbocycles. The van der Waals surface area contributed by atoms with Gasteiger partial charge in [0.15, 0.2) is 6.67 Å². The Labute approximate surface area is 111 Å². The monoisotopic (exact) mass is 348 g/mol. The molecular formula is C8H11F11O2. The normalized spacial score (nSPS) is 10.0. The van der Waals surface area contributed by atoms with Gasteiger partial charge in [-0.05, 0) is 0 Å². The van der Waals surface area contributed by atoms with Gasteiger partial charge in [-0.2, -0.15) is 22.0 Å². The zero-order chi connectivity index (χ0) is 18.1. The summed E-state index contributed by atoms with van der Waals surface area (Å²) in [5.41, 5.74) is 0. The van der Waals surface area contributed by atoms with Crippen molar-refractivity contribution in [3.8, 4) is 0 Å². The van der Waals surface area contributed by atoms with E-state index in [0.29, 0.717) is 0 Å². The molecule has 0 atom stereocenters. The lowest BCUT2D eigenvalue weighted by Gasteiger charge is -2.14. The number of halogens is 11. The van der Waals surface area contributed by atoms with Crippen molar-refractivity contribution in [2.24, 2.45) is 0 Å². The molecule has 1 N–H and O–H groups in total. The highest BCUT2D eigenvalue weighted by molar-refractivity contribution is 5.54. The molecule has 0 unspecified atom stereocenters. The van der Waals surface area contributed by atoms with Crippen LogP contribution in [-0.4, -0.2) is 56.8 Å². The van der Waals surface area contributed by atoms with Crippen LogP contribution in [0.3, 0.4) is 0 Å². The van der Waals surface area contributed by atoms with E-state index in [1.54, 1.807) is 0 Å². The minimum Gasteiger partial charge on any atom is -0.456 e. The third-order valence-corrected chi connectivity index (χ3v) is 0.725. The largest absolute Gasteiger partial charge is 0.492 e. The van der Waals surface area contributed by atoms with Crippen molar-refractivity contribution in [2.75, 3.05) is 33.4 Å². The molecule has 0 saturated carbocycles. The van der Waals surface area contributed by atoms with Gasteiger partial charge in [-0.15, -0.1) is 4.39 Å². The fourth-order valence-corrected chi connectivity index (χ4v) is 0.0758. The Morgan fingerprint density at radius 1 is 0.762 bits per heavy atom. The van der Waals surface area contributed by atoms with Crippen molar-refractivity contribution in [2.45, 2.75) is 12.1 Å². The van der Waals surface area contributed by atoms with E-state index in [4.69, 9.17) is 9.90 Å². The Morgan fingerprint density at radius 2 is 0.952 bits per heavy atom. The fourth-order valence-electron chi connectivity index (χ4n) is 0.0758. The first-order chi connectivity index (χ1) is 9.37. The standard InChI is InChI=1S/C3H2F6.2C2H4F2.CHFO2/c4-1-2(5,6)3(7,8)9;2*3-1-2-4;2-1(3)4/h1H2;2*1-2H2;(H,3,4). The molecule has 0 aliphatic carbocycles. The predicted molar refractivity (Wildman–Crippen MR) is 50.0 cm³/mol. The van der Waals surface area contributed by atoms with Crippen LogP contribution in [0.1, 0.15) is 0 Å². The van der Waals surface area contributed by atoms with Gasteiger partial charge in [-0.25, -0.2) is 26.7 Å². The molecule has 0 radical (unpaired) electrons. The summed E-state index contributed by atoms with van der Waals surface area (Å²) in [6.07, 6.45) is -8.10. The summed E-state index contributed by atoms with van der Waals surface area (Å²) in [6.45, 7) is -6.09. The zero-order valence-electron chi connectivity index (χ0n) is 10.0. The topological polar surface area (TPSA) is 37.3 Å². The Kier molecular flexibility index (Phi) is 22.3. The zero-order valence-corrected chi connectivity index (χ0v) is 10.0. The van der Waals surface area contributed by atoms with Crippen molar-refractivity contribution in [3.05, 3.63) is 0 Å². The summed E-state index contributed by atoms with van der Waals surface area (Å²) >= 11 is 0. The molecule has 0 aromatic rings. The van der Waals surface area contributed by atoms with E-state index >= 15 is 0 Å². The second-order valence-corrected chi connectivity index (χ2v) is 2.34. The number of carboxylic acid groups (broad SMARTS) is 1. The van der Waals surface area contributed by atoms with Crippen LogP contribution in [0.5, 0.6) is 0 Å². The van der Waals surface area contributed by atoms with Gasteiger partial charge in [-0.1, -0.05) is 0 Å². The summed E-state index contributed by atoms with van der Waals surface area (Å²) < 4.78 is 117. The lowest BCUT2D eigenvalue weighted by atomic mass is 10.4. The molecule has 0 fully saturated rings. The molecule has 0 heterocycles. The highest BCUT2D eigenvalue weighted by Crippen LogP contribution is 2.35. The van der Waals surface area contributed by atoms with E-state index in [1.807, 2.05) is 0 Å². The van der Waals surface area contributed by atoms with Gasteiger partial charge >= 0.3 is 18.3 Å². The molecule has 0 amide bonds. The van der Waals surface area contributed by atoms with Crippen LogP contribution in [0, 0.1) is 0 Å². The summed E-state index contributed by atoms with van der Waals surface area (Å²) in [5.74, 6) is -5.19. The Morgan fingerprint density at radius 3 is 0.952 bits per heavy atom. The molecule has 0 aromatic heterocycles. The predicted octanol–water partition coefficient (Wildman–Crippen LogP) is 4.64. The van der Waals surface area contributed by atoms with Crippen molar-refractivity contribution >= 4 is 6.22 Å². The number of alkyl halides is 10. The maximum absolute atomic E-state index is 11.2. The molecule has 0 rings (SSSR count). The molecule has 0 saturated heterocycles. The van der Waals surface area contributed by atoms with Gasteiger partial charge in [0, 0.05) is 0 Å². The van der Waals surface area contributed by atoms with Crippen LogP contribution in [0.2, 0.25) is 0 Å². The minimum absolute atomic E-state index is 0.847. The SMILES string of the molecule is FCC(F)(F)C(F)(F)F.FCCF.FCCF.O=C(O)F. The smallest absolute Gasteiger partial charge is 0.456 e. The van der Waals surface area contributed by atoms with Crippen molar-refractivity contribution in [3.63, 3.8) is 0 Å². The van der Waals surface area contributed by atoms with E-state index in [0.717, 1.165) is 0 Å². The van der Waals surface area contributed by atoms with E-state index in [9.17, 15) is 48.3 Å². The summed E-state index contributed by atoms with van der Waals surface area (Å²) in [6, 6.07) is 0. The Bertz CT molecular complexity index is 207. The van der Waals surface area contributed by atoms with Crippen molar-refractivity contribution in [1.82, 2.24) is 0 Å². The van der Waals surface area contributed by atoms with Crippen molar-refractivity contribution < 1.29 is 58.2 Å². The van der Waals surface area contributed by atoms with Gasteiger partial charge in [-0.3, -0.25) is 0 Å². The van der Waals surface area contributed by atoms with Crippen molar-refractivity contribution in [1.29, 1.82) is 0 Å². The van der Waals surface area contributed by atoms with E-state index in [-0.39, 0.29) is 0 Å². The lowest BCUT2D eigenvalue weighted by Crippen LogP contribution is -2.38. The van der Waals surface area contributed by atoms with Gasteiger partial charge < -0.3 is 5.11 Å². The average Bonchev–Trinajstić information content (AvgIpc) is 2.37. The highest BCUT2D eigenvalue weighted by Gasteiger charge is 2.57. The molecule has 0 aliphatic heterocycles. The van der Waals surface area contributed by atoms with E-state index in [2.05, 4.69) is 0 Å². The molecule has 0 spiro atoms. The quantitative estimate of drug-likeness (QED) is 0.596. The van der Waals surface area contributed by atoms with Crippen LogP contribution in [0.25, 0.3) is 0 Å². The second kappa shape index (κ2) is 16.8. The van der Waals surface area contributed by atoms with Gasteiger partial charge in [0.05, 0.1) is 0 Å². The van der Waals surface area contributed by atoms with E-state index < -0.39 is 51.7 Å². The van der Waals surface area contributed by atoms with Gasteiger partial charge in [0.25, 0.3) is 0 Å². The first-order valence-corrected chi connectivity index (χ1v) is 4.50. The average molecular weight is 348 g/mol.